The first kappa shape index (κ1) is 12.7. The Morgan fingerprint density at radius 1 is 1.33 bits per heavy atom. The van der Waals surface area contributed by atoms with Crippen LogP contribution in [0.3, 0.4) is 0 Å². The summed E-state index contributed by atoms with van der Waals surface area (Å²) in [5, 5.41) is 0. The number of hydrogen-bond acceptors (Lipinski definition) is 4. The van der Waals surface area contributed by atoms with Crippen molar-refractivity contribution < 1.29 is 14.3 Å². The fourth-order valence-electron chi connectivity index (χ4n) is 2.51. The van der Waals surface area contributed by atoms with Gasteiger partial charge >= 0.3 is 5.97 Å². The zero-order chi connectivity index (χ0) is 13.0. The molecule has 1 saturated carbocycles. The van der Waals surface area contributed by atoms with E-state index in [0.717, 1.165) is 5.56 Å². The minimum atomic E-state index is -0.660. The molecule has 18 heavy (non-hydrogen) atoms. The number of rotatable bonds is 3. The molecule has 1 aliphatic rings. The van der Waals surface area contributed by atoms with Gasteiger partial charge in [0.1, 0.15) is 5.78 Å². The lowest BCUT2D eigenvalue weighted by molar-refractivity contribution is -0.152. The molecule has 1 aliphatic carbocycles. The number of esters is 1. The third-order valence-corrected chi connectivity index (χ3v) is 3.56. The van der Waals surface area contributed by atoms with Gasteiger partial charge in [0.15, 0.2) is 0 Å². The van der Waals surface area contributed by atoms with Crippen LogP contribution in [0.4, 0.5) is 0 Å². The van der Waals surface area contributed by atoms with Crippen LogP contribution in [0.25, 0.3) is 0 Å². The molecular weight excluding hydrogens is 230 g/mol. The van der Waals surface area contributed by atoms with Gasteiger partial charge in [-0.2, -0.15) is 0 Å². The molecule has 96 valence electrons. The van der Waals surface area contributed by atoms with Gasteiger partial charge in [-0.1, -0.05) is 0 Å². The molecule has 0 aromatic carbocycles. The predicted molar refractivity (Wildman–Crippen MR) is 66.0 cm³/mol. The van der Waals surface area contributed by atoms with Gasteiger partial charge in [-0.15, -0.1) is 0 Å². The fraction of sp³-hybridized carbons (Fsp3) is 0.500. The second-order valence-electron chi connectivity index (χ2n) is 4.58. The molecule has 4 nitrogen and oxygen atoms in total. The van der Waals surface area contributed by atoms with Crippen molar-refractivity contribution in [2.45, 2.75) is 38.0 Å². The van der Waals surface area contributed by atoms with E-state index in [4.69, 9.17) is 4.74 Å². The highest BCUT2D eigenvalue weighted by Gasteiger charge is 2.44. The Labute approximate surface area is 106 Å². The van der Waals surface area contributed by atoms with Gasteiger partial charge in [0.2, 0.25) is 0 Å². The molecule has 1 aromatic heterocycles. The number of aromatic nitrogens is 1. The Morgan fingerprint density at radius 2 is 1.94 bits per heavy atom. The van der Waals surface area contributed by atoms with Crippen LogP contribution in [-0.2, 0) is 19.7 Å². The molecule has 0 aliphatic heterocycles. The quantitative estimate of drug-likeness (QED) is 0.767. The van der Waals surface area contributed by atoms with Gasteiger partial charge in [0.25, 0.3) is 0 Å². The maximum absolute atomic E-state index is 12.3. The van der Waals surface area contributed by atoms with E-state index < -0.39 is 5.41 Å². The van der Waals surface area contributed by atoms with E-state index in [1.54, 1.807) is 19.3 Å². The molecular formula is C14H17NO3. The monoisotopic (exact) mass is 247 g/mol. The van der Waals surface area contributed by atoms with Crippen molar-refractivity contribution in [2.24, 2.45) is 0 Å². The summed E-state index contributed by atoms with van der Waals surface area (Å²) in [4.78, 5) is 27.6. The van der Waals surface area contributed by atoms with E-state index in [2.05, 4.69) is 4.98 Å². The van der Waals surface area contributed by atoms with E-state index in [-0.39, 0.29) is 11.8 Å². The Kier molecular flexibility index (Phi) is 3.75. The number of Topliss-reactive ketones (excluding diaryl/α,β-unsaturated/α-hetero) is 1. The van der Waals surface area contributed by atoms with Crippen LogP contribution < -0.4 is 0 Å². The normalized spacial score (nSPS) is 18.4. The molecule has 1 fully saturated rings. The Hall–Kier alpha value is -1.71. The molecule has 0 spiro atoms. The topological polar surface area (TPSA) is 56.3 Å². The molecule has 0 radical (unpaired) electrons. The Bertz CT molecular complexity index is 432. The number of nitrogens with zero attached hydrogens (tertiary/aromatic N) is 1. The van der Waals surface area contributed by atoms with Crippen LogP contribution in [0.5, 0.6) is 0 Å². The minimum Gasteiger partial charge on any atom is -0.465 e. The average Bonchev–Trinajstić information content (AvgIpc) is 2.41. The summed E-state index contributed by atoms with van der Waals surface area (Å²) < 4.78 is 5.20. The summed E-state index contributed by atoms with van der Waals surface area (Å²) in [6.45, 7) is 2.16. The summed E-state index contributed by atoms with van der Waals surface area (Å²) in [5.41, 5.74) is 0.246. The number of ether oxygens (including phenoxy) is 1. The van der Waals surface area contributed by atoms with Crippen molar-refractivity contribution in [3.63, 3.8) is 0 Å². The molecule has 0 N–H and O–H groups in total. The van der Waals surface area contributed by atoms with Crippen molar-refractivity contribution >= 4 is 11.8 Å². The maximum atomic E-state index is 12.3. The zero-order valence-electron chi connectivity index (χ0n) is 10.5. The van der Waals surface area contributed by atoms with E-state index >= 15 is 0 Å². The highest BCUT2D eigenvalue weighted by atomic mass is 16.5. The number of hydrogen-bond donors (Lipinski definition) is 0. The lowest BCUT2D eigenvalue weighted by Crippen LogP contribution is -2.41. The van der Waals surface area contributed by atoms with E-state index in [0.29, 0.717) is 32.3 Å². The predicted octanol–water partition coefficient (Wildman–Crippen LogP) is 2.03. The fourth-order valence-corrected chi connectivity index (χ4v) is 2.51. The van der Waals surface area contributed by atoms with Gasteiger partial charge in [0, 0.05) is 25.2 Å². The lowest BCUT2D eigenvalue weighted by atomic mass is 9.69. The van der Waals surface area contributed by atoms with Crippen molar-refractivity contribution in [3.05, 3.63) is 30.1 Å². The lowest BCUT2D eigenvalue weighted by Gasteiger charge is -2.34. The molecule has 4 heteroatoms. The number of pyridine rings is 1. The van der Waals surface area contributed by atoms with Crippen molar-refractivity contribution in [1.29, 1.82) is 0 Å². The van der Waals surface area contributed by atoms with Gasteiger partial charge in [0.05, 0.1) is 12.0 Å². The zero-order valence-corrected chi connectivity index (χ0v) is 10.5. The highest BCUT2D eigenvalue weighted by Crippen LogP contribution is 2.39. The number of carbonyl (C=O) groups is 2. The molecule has 0 saturated heterocycles. The molecule has 0 bridgehead atoms. The second-order valence-corrected chi connectivity index (χ2v) is 4.58. The molecule has 2 rings (SSSR count). The summed E-state index contributed by atoms with van der Waals surface area (Å²) in [6.07, 6.45) is 5.31. The number of carbonyl (C=O) groups excluding carboxylic acids is 2. The summed E-state index contributed by atoms with van der Waals surface area (Å²) in [6, 6.07) is 3.68. The van der Waals surface area contributed by atoms with E-state index in [9.17, 15) is 9.59 Å². The van der Waals surface area contributed by atoms with Crippen LogP contribution in [-0.4, -0.2) is 23.3 Å². The molecule has 0 atom stereocenters. The van der Waals surface area contributed by atoms with Crippen molar-refractivity contribution in [3.8, 4) is 0 Å². The molecule has 1 heterocycles. The number of ketones is 1. The SMILES string of the molecule is CCOC(=O)C1(c2ccncc2)CCC(=O)CC1. The second kappa shape index (κ2) is 5.29. The first-order chi connectivity index (χ1) is 8.69. The molecule has 0 unspecified atom stereocenters. The largest absolute Gasteiger partial charge is 0.465 e. The van der Waals surface area contributed by atoms with Crippen molar-refractivity contribution in [2.75, 3.05) is 6.61 Å². The maximum Gasteiger partial charge on any atom is 0.316 e. The third kappa shape index (κ3) is 2.28. The minimum absolute atomic E-state index is 0.219. The summed E-state index contributed by atoms with van der Waals surface area (Å²) >= 11 is 0. The molecule has 1 aromatic rings. The van der Waals surface area contributed by atoms with Crippen LogP contribution in [0.15, 0.2) is 24.5 Å². The van der Waals surface area contributed by atoms with Gasteiger partial charge in [-0.05, 0) is 37.5 Å². The van der Waals surface area contributed by atoms with E-state index in [1.807, 2.05) is 12.1 Å². The van der Waals surface area contributed by atoms with Gasteiger partial charge in [-0.25, -0.2) is 0 Å². The first-order valence-corrected chi connectivity index (χ1v) is 6.28. The summed E-state index contributed by atoms with van der Waals surface area (Å²) in [7, 11) is 0. The Balaban J connectivity index is 2.34. The smallest absolute Gasteiger partial charge is 0.316 e. The standard InChI is InChI=1S/C14H17NO3/c1-2-18-13(17)14(7-3-12(16)4-8-14)11-5-9-15-10-6-11/h5-6,9-10H,2-4,7-8H2,1H3. The van der Waals surface area contributed by atoms with Crippen molar-refractivity contribution in [1.82, 2.24) is 4.98 Å². The molecule has 0 amide bonds. The summed E-state index contributed by atoms with van der Waals surface area (Å²) in [5.74, 6) is 0.00711. The van der Waals surface area contributed by atoms with Crippen LogP contribution in [0.2, 0.25) is 0 Å². The van der Waals surface area contributed by atoms with Gasteiger partial charge in [-0.3, -0.25) is 14.6 Å². The third-order valence-electron chi connectivity index (χ3n) is 3.56. The Morgan fingerprint density at radius 3 is 2.50 bits per heavy atom. The van der Waals surface area contributed by atoms with Crippen LogP contribution in [0, 0.1) is 0 Å². The van der Waals surface area contributed by atoms with E-state index in [1.165, 1.54) is 0 Å². The average molecular weight is 247 g/mol. The first-order valence-electron chi connectivity index (χ1n) is 6.28. The highest BCUT2D eigenvalue weighted by molar-refractivity contribution is 5.88. The van der Waals surface area contributed by atoms with Gasteiger partial charge < -0.3 is 4.74 Å². The van der Waals surface area contributed by atoms with Crippen LogP contribution >= 0.6 is 0 Å². The van der Waals surface area contributed by atoms with Crippen LogP contribution in [0.1, 0.15) is 38.2 Å².